The van der Waals surface area contributed by atoms with Crippen molar-refractivity contribution >= 4 is 12.0 Å². The fraction of sp³-hybridized carbons (Fsp3) is 0.364. The van der Waals surface area contributed by atoms with Gasteiger partial charge in [-0.25, -0.2) is 5.06 Å². The number of nitrogens with zero attached hydrogens (tertiary/aromatic N) is 1. The normalized spacial score (nSPS) is 13.6. The van der Waals surface area contributed by atoms with Crippen molar-refractivity contribution in [3.05, 3.63) is 29.7 Å². The molecule has 88 valence electrons. The van der Waals surface area contributed by atoms with Gasteiger partial charge in [0.1, 0.15) is 5.76 Å². The van der Waals surface area contributed by atoms with Gasteiger partial charge in [0.25, 0.3) is 5.91 Å². The van der Waals surface area contributed by atoms with Crippen LogP contribution < -0.4 is 0 Å². The molecule has 1 amide bonds. The number of carbonyl (C=O) groups excluding carboxylic acids is 1. The van der Waals surface area contributed by atoms with Gasteiger partial charge in [-0.15, -0.1) is 0 Å². The Morgan fingerprint density at radius 2 is 2.38 bits per heavy atom. The third kappa shape index (κ3) is 2.95. The molecule has 16 heavy (non-hydrogen) atoms. The molecule has 5 nitrogen and oxygen atoms in total. The molecule has 0 aliphatic rings. The summed E-state index contributed by atoms with van der Waals surface area (Å²) < 4.78 is 5.08. The first kappa shape index (κ1) is 12.5. The van der Waals surface area contributed by atoms with Gasteiger partial charge in [-0.05, 0) is 25.1 Å². The first-order valence-electron chi connectivity index (χ1n) is 4.81. The number of hydroxylamine groups is 2. The van der Waals surface area contributed by atoms with E-state index in [1.54, 1.807) is 12.1 Å². The van der Waals surface area contributed by atoms with E-state index in [0.717, 1.165) is 5.06 Å². The molecule has 0 aromatic carbocycles. The van der Waals surface area contributed by atoms with E-state index in [-0.39, 0.29) is 5.57 Å². The van der Waals surface area contributed by atoms with Crippen LogP contribution in [0.2, 0.25) is 0 Å². The Bertz CT molecular complexity index is 367. The van der Waals surface area contributed by atoms with Crippen LogP contribution in [-0.4, -0.2) is 36.3 Å². The van der Waals surface area contributed by atoms with Gasteiger partial charge >= 0.3 is 0 Å². The number of aliphatic hydroxyl groups is 1. The molecule has 5 heteroatoms. The zero-order valence-electron chi connectivity index (χ0n) is 9.51. The molecule has 1 aromatic heterocycles. The van der Waals surface area contributed by atoms with Crippen molar-refractivity contribution in [3.8, 4) is 0 Å². The molecule has 0 aliphatic heterocycles. The fourth-order valence-corrected chi connectivity index (χ4v) is 1.15. The van der Waals surface area contributed by atoms with Crippen LogP contribution in [0.3, 0.4) is 0 Å². The standard InChI is InChI=1S/C11H15NO4/c1-8(13)10(11(14)12(2)15-3)7-9-5-4-6-16-9/h4-8,13H,1-3H3/b10-7-. The van der Waals surface area contributed by atoms with Crippen LogP contribution in [0.15, 0.2) is 28.4 Å². The summed E-state index contributed by atoms with van der Waals surface area (Å²) in [6.07, 6.45) is 2.09. The van der Waals surface area contributed by atoms with Crippen molar-refractivity contribution in [2.75, 3.05) is 14.2 Å². The second-order valence-corrected chi connectivity index (χ2v) is 3.28. The Morgan fingerprint density at radius 3 is 2.81 bits per heavy atom. The van der Waals surface area contributed by atoms with Crippen LogP contribution in [0, 0.1) is 0 Å². The Kier molecular flexibility index (Phi) is 4.28. The third-order valence-electron chi connectivity index (χ3n) is 2.10. The Labute approximate surface area is 93.9 Å². The van der Waals surface area contributed by atoms with E-state index < -0.39 is 12.0 Å². The molecule has 0 spiro atoms. The molecule has 1 N–H and O–H groups in total. The molecular formula is C11H15NO4. The van der Waals surface area contributed by atoms with E-state index in [1.807, 2.05) is 0 Å². The van der Waals surface area contributed by atoms with Gasteiger partial charge in [-0.3, -0.25) is 9.63 Å². The van der Waals surface area contributed by atoms with Crippen LogP contribution in [0.5, 0.6) is 0 Å². The summed E-state index contributed by atoms with van der Waals surface area (Å²) in [5, 5.41) is 10.6. The first-order chi connectivity index (χ1) is 7.56. The maximum atomic E-state index is 11.8. The maximum absolute atomic E-state index is 11.8. The molecule has 0 bridgehead atoms. The first-order valence-corrected chi connectivity index (χ1v) is 4.81. The van der Waals surface area contributed by atoms with E-state index in [4.69, 9.17) is 9.25 Å². The topological polar surface area (TPSA) is 62.9 Å². The lowest BCUT2D eigenvalue weighted by Gasteiger charge is -2.17. The quantitative estimate of drug-likeness (QED) is 0.615. The molecule has 0 radical (unpaired) electrons. The molecule has 0 fully saturated rings. The Balaban J connectivity index is 2.96. The van der Waals surface area contributed by atoms with E-state index in [2.05, 4.69) is 0 Å². The van der Waals surface area contributed by atoms with Crippen LogP contribution >= 0.6 is 0 Å². The maximum Gasteiger partial charge on any atom is 0.275 e. The highest BCUT2D eigenvalue weighted by atomic mass is 16.7. The smallest absolute Gasteiger partial charge is 0.275 e. The van der Waals surface area contributed by atoms with Gasteiger partial charge in [0, 0.05) is 7.05 Å². The summed E-state index contributed by atoms with van der Waals surface area (Å²) in [6.45, 7) is 1.51. The molecule has 0 saturated heterocycles. The van der Waals surface area contributed by atoms with Crippen molar-refractivity contribution in [2.24, 2.45) is 0 Å². The van der Waals surface area contributed by atoms with Gasteiger partial charge < -0.3 is 9.52 Å². The third-order valence-corrected chi connectivity index (χ3v) is 2.10. The number of amides is 1. The average molecular weight is 225 g/mol. The lowest BCUT2D eigenvalue weighted by molar-refractivity contribution is -0.164. The predicted molar refractivity (Wildman–Crippen MR) is 58.1 cm³/mol. The predicted octanol–water partition coefficient (Wildman–Crippen LogP) is 1.06. The van der Waals surface area contributed by atoms with Crippen LogP contribution in [0.4, 0.5) is 0 Å². The van der Waals surface area contributed by atoms with E-state index in [9.17, 15) is 9.90 Å². The van der Waals surface area contributed by atoms with Crippen LogP contribution in [0.25, 0.3) is 6.08 Å². The van der Waals surface area contributed by atoms with E-state index >= 15 is 0 Å². The minimum absolute atomic E-state index is 0.208. The van der Waals surface area contributed by atoms with Crippen molar-refractivity contribution in [2.45, 2.75) is 13.0 Å². The fourth-order valence-electron chi connectivity index (χ4n) is 1.15. The number of likely N-dealkylation sites (N-methyl/N-ethyl adjacent to an activating group) is 1. The summed E-state index contributed by atoms with van der Waals surface area (Å²) in [5.41, 5.74) is 0.208. The summed E-state index contributed by atoms with van der Waals surface area (Å²) in [4.78, 5) is 16.5. The highest BCUT2D eigenvalue weighted by Gasteiger charge is 2.19. The molecule has 1 rings (SSSR count). The molecule has 1 heterocycles. The van der Waals surface area contributed by atoms with Crippen molar-refractivity contribution in [1.82, 2.24) is 5.06 Å². The number of hydrogen-bond acceptors (Lipinski definition) is 4. The highest BCUT2D eigenvalue weighted by Crippen LogP contribution is 2.13. The number of aliphatic hydroxyl groups excluding tert-OH is 1. The van der Waals surface area contributed by atoms with Crippen LogP contribution in [0.1, 0.15) is 12.7 Å². The SMILES string of the molecule is CON(C)C(=O)/C(=C\c1ccco1)C(C)O. The largest absolute Gasteiger partial charge is 0.465 e. The van der Waals surface area contributed by atoms with Crippen molar-refractivity contribution in [3.63, 3.8) is 0 Å². The minimum Gasteiger partial charge on any atom is -0.465 e. The Morgan fingerprint density at radius 1 is 1.69 bits per heavy atom. The summed E-state index contributed by atoms with van der Waals surface area (Å²) in [5.74, 6) is 0.0997. The van der Waals surface area contributed by atoms with Crippen molar-refractivity contribution < 1.29 is 19.2 Å². The summed E-state index contributed by atoms with van der Waals surface area (Å²) in [6, 6.07) is 3.40. The van der Waals surface area contributed by atoms with Gasteiger partial charge in [-0.1, -0.05) is 0 Å². The minimum atomic E-state index is -0.893. The highest BCUT2D eigenvalue weighted by molar-refractivity contribution is 5.97. The number of rotatable bonds is 4. The summed E-state index contributed by atoms with van der Waals surface area (Å²) >= 11 is 0. The molecule has 0 saturated carbocycles. The van der Waals surface area contributed by atoms with Gasteiger partial charge in [0.05, 0.1) is 25.1 Å². The summed E-state index contributed by atoms with van der Waals surface area (Å²) in [7, 11) is 2.85. The number of hydrogen-bond donors (Lipinski definition) is 1. The van der Waals surface area contributed by atoms with E-state index in [0.29, 0.717) is 5.76 Å². The lowest BCUT2D eigenvalue weighted by atomic mass is 10.1. The molecule has 1 atom stereocenters. The van der Waals surface area contributed by atoms with Crippen LogP contribution in [-0.2, 0) is 9.63 Å². The molecule has 1 aromatic rings. The van der Waals surface area contributed by atoms with Gasteiger partial charge in [0.15, 0.2) is 0 Å². The van der Waals surface area contributed by atoms with E-state index in [1.165, 1.54) is 33.4 Å². The average Bonchev–Trinajstić information content (AvgIpc) is 2.76. The second kappa shape index (κ2) is 5.48. The Hall–Kier alpha value is -1.59. The second-order valence-electron chi connectivity index (χ2n) is 3.28. The number of carbonyl (C=O) groups is 1. The monoisotopic (exact) mass is 225 g/mol. The van der Waals surface area contributed by atoms with Gasteiger partial charge in [-0.2, -0.15) is 0 Å². The van der Waals surface area contributed by atoms with Gasteiger partial charge in [0.2, 0.25) is 0 Å². The molecule has 1 unspecified atom stereocenters. The zero-order chi connectivity index (χ0) is 12.1. The molecule has 0 aliphatic carbocycles. The number of furan rings is 1. The van der Waals surface area contributed by atoms with Crippen molar-refractivity contribution in [1.29, 1.82) is 0 Å². The molecular weight excluding hydrogens is 210 g/mol. The lowest BCUT2D eigenvalue weighted by Crippen LogP contribution is -2.30. The zero-order valence-corrected chi connectivity index (χ0v) is 9.51.